The molecule has 1 aliphatic rings. The Morgan fingerprint density at radius 1 is 1.33 bits per heavy atom. The molecule has 0 unspecified atom stereocenters. The number of carbonyl (C=O) groups is 1. The van der Waals surface area contributed by atoms with E-state index in [0.29, 0.717) is 18.5 Å². The molecule has 0 N–H and O–H groups in total. The van der Waals surface area contributed by atoms with Crippen molar-refractivity contribution in [1.82, 2.24) is 4.31 Å². The van der Waals surface area contributed by atoms with E-state index in [1.165, 1.54) is 6.07 Å². The third kappa shape index (κ3) is 3.71. The number of nitrogens with zero attached hydrogens (tertiary/aromatic N) is 1. The zero-order chi connectivity index (χ0) is 15.6. The normalized spacial score (nSPS) is 15.7. The Morgan fingerprint density at radius 3 is 2.52 bits per heavy atom. The maximum absolute atomic E-state index is 12.8. The molecule has 1 aromatic rings. The zero-order valence-electron chi connectivity index (χ0n) is 12.9. The van der Waals surface area contributed by atoms with E-state index in [4.69, 9.17) is 0 Å². The SMILES string of the molecule is CCC(=O)c1cccc(S(=O)(=O)N(CC(C)C)C2CC2)c1. The highest BCUT2D eigenvalue weighted by Crippen LogP contribution is 2.33. The van der Waals surface area contributed by atoms with Gasteiger partial charge in [0.05, 0.1) is 4.90 Å². The number of hydrogen-bond acceptors (Lipinski definition) is 3. The number of rotatable bonds is 7. The standard InChI is InChI=1S/C16H23NO3S/c1-4-16(18)13-6-5-7-15(10-13)21(19,20)17(11-12(2)3)14-8-9-14/h5-7,10,12,14H,4,8-9,11H2,1-3H3. The average Bonchev–Trinajstić information content (AvgIpc) is 3.28. The van der Waals surface area contributed by atoms with Crippen molar-refractivity contribution < 1.29 is 13.2 Å². The van der Waals surface area contributed by atoms with E-state index in [-0.39, 0.29) is 22.6 Å². The van der Waals surface area contributed by atoms with E-state index >= 15 is 0 Å². The lowest BCUT2D eigenvalue weighted by Gasteiger charge is -2.24. The van der Waals surface area contributed by atoms with Crippen molar-refractivity contribution in [2.75, 3.05) is 6.54 Å². The smallest absolute Gasteiger partial charge is 0.243 e. The van der Waals surface area contributed by atoms with Crippen molar-refractivity contribution in [1.29, 1.82) is 0 Å². The summed E-state index contributed by atoms with van der Waals surface area (Å²) in [7, 11) is -3.52. The summed E-state index contributed by atoms with van der Waals surface area (Å²) in [6.07, 6.45) is 2.24. The predicted octanol–water partition coefficient (Wildman–Crippen LogP) is 3.09. The molecular weight excluding hydrogens is 286 g/mol. The number of Topliss-reactive ketones (excluding diaryl/α,β-unsaturated/α-hetero) is 1. The van der Waals surface area contributed by atoms with Crippen LogP contribution in [-0.4, -0.2) is 31.1 Å². The van der Waals surface area contributed by atoms with Crippen molar-refractivity contribution in [3.63, 3.8) is 0 Å². The van der Waals surface area contributed by atoms with Crippen molar-refractivity contribution in [2.24, 2.45) is 5.92 Å². The van der Waals surface area contributed by atoms with Crippen LogP contribution in [0.15, 0.2) is 29.2 Å². The first-order chi connectivity index (χ1) is 9.86. The Bertz CT molecular complexity index is 618. The van der Waals surface area contributed by atoms with Crippen LogP contribution >= 0.6 is 0 Å². The van der Waals surface area contributed by atoms with Crippen LogP contribution in [0, 0.1) is 5.92 Å². The summed E-state index contributed by atoms with van der Waals surface area (Å²) in [6, 6.07) is 6.54. The molecule has 0 heterocycles. The predicted molar refractivity (Wildman–Crippen MR) is 82.8 cm³/mol. The summed E-state index contributed by atoms with van der Waals surface area (Å²) in [5.41, 5.74) is 0.471. The molecule has 116 valence electrons. The van der Waals surface area contributed by atoms with Gasteiger partial charge in [0.15, 0.2) is 5.78 Å². The largest absolute Gasteiger partial charge is 0.294 e. The Morgan fingerprint density at radius 2 is 2.00 bits per heavy atom. The lowest BCUT2D eigenvalue weighted by molar-refractivity contribution is 0.0988. The number of carbonyl (C=O) groups excluding carboxylic acids is 1. The molecule has 0 aliphatic heterocycles. The molecule has 2 rings (SSSR count). The van der Waals surface area contributed by atoms with Gasteiger partial charge in [0.25, 0.3) is 0 Å². The van der Waals surface area contributed by atoms with Crippen LogP contribution in [0.5, 0.6) is 0 Å². The number of sulfonamides is 1. The maximum atomic E-state index is 12.8. The van der Waals surface area contributed by atoms with Gasteiger partial charge in [0.1, 0.15) is 0 Å². The van der Waals surface area contributed by atoms with Crippen LogP contribution < -0.4 is 0 Å². The molecule has 0 amide bonds. The van der Waals surface area contributed by atoms with Crippen molar-refractivity contribution >= 4 is 15.8 Å². The topological polar surface area (TPSA) is 54.5 Å². The van der Waals surface area contributed by atoms with Crippen LogP contribution in [0.3, 0.4) is 0 Å². The molecule has 1 fully saturated rings. The van der Waals surface area contributed by atoms with Gasteiger partial charge in [-0.05, 0) is 30.9 Å². The highest BCUT2D eigenvalue weighted by molar-refractivity contribution is 7.89. The van der Waals surface area contributed by atoms with Gasteiger partial charge in [-0.25, -0.2) is 8.42 Å². The molecule has 0 aromatic heterocycles. The van der Waals surface area contributed by atoms with Crippen LogP contribution in [-0.2, 0) is 10.0 Å². The van der Waals surface area contributed by atoms with E-state index in [1.807, 2.05) is 13.8 Å². The molecule has 0 bridgehead atoms. The van der Waals surface area contributed by atoms with Crippen LogP contribution in [0.4, 0.5) is 0 Å². The molecule has 5 heteroatoms. The average molecular weight is 309 g/mol. The minimum Gasteiger partial charge on any atom is -0.294 e. The van der Waals surface area contributed by atoms with Crippen LogP contribution in [0.25, 0.3) is 0 Å². The Labute approximate surface area is 127 Å². The number of benzene rings is 1. The minimum atomic E-state index is -3.52. The van der Waals surface area contributed by atoms with E-state index in [0.717, 1.165) is 12.8 Å². The molecule has 1 aromatic carbocycles. The minimum absolute atomic E-state index is 0.0334. The fourth-order valence-corrected chi connectivity index (χ4v) is 4.23. The Hall–Kier alpha value is -1.20. The first-order valence-electron chi connectivity index (χ1n) is 7.51. The van der Waals surface area contributed by atoms with E-state index < -0.39 is 10.0 Å². The fraction of sp³-hybridized carbons (Fsp3) is 0.562. The number of hydrogen-bond donors (Lipinski definition) is 0. The molecule has 0 atom stereocenters. The van der Waals surface area contributed by atoms with Gasteiger partial charge in [0, 0.05) is 24.6 Å². The lowest BCUT2D eigenvalue weighted by Crippen LogP contribution is -2.36. The third-order valence-corrected chi connectivity index (χ3v) is 5.50. The van der Waals surface area contributed by atoms with Gasteiger partial charge in [-0.1, -0.05) is 32.9 Å². The number of ketones is 1. The zero-order valence-corrected chi connectivity index (χ0v) is 13.7. The monoisotopic (exact) mass is 309 g/mol. The van der Waals surface area contributed by atoms with Gasteiger partial charge in [-0.3, -0.25) is 4.79 Å². The Kier molecular flexibility index (Phi) is 4.84. The van der Waals surface area contributed by atoms with Gasteiger partial charge < -0.3 is 0 Å². The summed E-state index contributed by atoms with van der Waals surface area (Å²) in [5.74, 6) is 0.245. The molecule has 1 saturated carbocycles. The van der Waals surface area contributed by atoms with E-state index in [2.05, 4.69) is 0 Å². The van der Waals surface area contributed by atoms with Crippen LogP contribution in [0.1, 0.15) is 50.4 Å². The second-order valence-electron chi connectivity index (χ2n) is 6.00. The highest BCUT2D eigenvalue weighted by Gasteiger charge is 2.38. The Balaban J connectivity index is 2.35. The molecule has 4 nitrogen and oxygen atoms in total. The first kappa shape index (κ1) is 16.2. The van der Waals surface area contributed by atoms with Crippen molar-refractivity contribution in [3.8, 4) is 0 Å². The van der Waals surface area contributed by atoms with Crippen molar-refractivity contribution in [2.45, 2.75) is 51.0 Å². The van der Waals surface area contributed by atoms with Gasteiger partial charge in [-0.15, -0.1) is 0 Å². The summed E-state index contributed by atoms with van der Waals surface area (Å²) < 4.78 is 27.3. The molecule has 1 aliphatic carbocycles. The second-order valence-corrected chi connectivity index (χ2v) is 7.89. The summed E-state index contributed by atoms with van der Waals surface area (Å²) >= 11 is 0. The fourth-order valence-electron chi connectivity index (χ4n) is 2.34. The third-order valence-electron chi connectivity index (χ3n) is 3.58. The quantitative estimate of drug-likeness (QED) is 0.727. The van der Waals surface area contributed by atoms with Gasteiger partial charge in [-0.2, -0.15) is 4.31 Å². The molecule has 21 heavy (non-hydrogen) atoms. The van der Waals surface area contributed by atoms with Gasteiger partial charge >= 0.3 is 0 Å². The van der Waals surface area contributed by atoms with Crippen LogP contribution in [0.2, 0.25) is 0 Å². The second kappa shape index (κ2) is 6.28. The van der Waals surface area contributed by atoms with E-state index in [9.17, 15) is 13.2 Å². The first-order valence-corrected chi connectivity index (χ1v) is 8.95. The highest BCUT2D eigenvalue weighted by atomic mass is 32.2. The van der Waals surface area contributed by atoms with Crippen molar-refractivity contribution in [3.05, 3.63) is 29.8 Å². The molecular formula is C16H23NO3S. The molecule has 0 saturated heterocycles. The lowest BCUT2D eigenvalue weighted by atomic mass is 10.1. The maximum Gasteiger partial charge on any atom is 0.243 e. The molecule has 0 radical (unpaired) electrons. The molecule has 0 spiro atoms. The summed E-state index contributed by atoms with van der Waals surface area (Å²) in [6.45, 7) is 6.33. The van der Waals surface area contributed by atoms with E-state index in [1.54, 1.807) is 29.4 Å². The summed E-state index contributed by atoms with van der Waals surface area (Å²) in [4.78, 5) is 12.0. The summed E-state index contributed by atoms with van der Waals surface area (Å²) in [5, 5.41) is 0. The van der Waals surface area contributed by atoms with Gasteiger partial charge in [0.2, 0.25) is 10.0 Å².